The molecule has 3 N–H and O–H groups in total. The van der Waals surface area contributed by atoms with Gasteiger partial charge in [0.05, 0.1) is 5.92 Å². The lowest BCUT2D eigenvalue weighted by atomic mass is 9.94. The highest BCUT2D eigenvalue weighted by Crippen LogP contribution is 2.21. The van der Waals surface area contributed by atoms with Gasteiger partial charge in [-0.2, -0.15) is 0 Å². The zero-order valence-corrected chi connectivity index (χ0v) is 14.1. The number of nitrogens with one attached hydrogen (secondary N) is 1. The maximum absolute atomic E-state index is 12.1. The zero-order valence-electron chi connectivity index (χ0n) is 13.3. The number of halogens is 1. The van der Waals surface area contributed by atoms with E-state index in [0.717, 1.165) is 32.5 Å². The SMILES string of the molecule is CC(CN1CCCC(C(=O)NCCN)C1)c1ccccc1.Cl. The van der Waals surface area contributed by atoms with Gasteiger partial charge in [-0.1, -0.05) is 37.3 Å². The summed E-state index contributed by atoms with van der Waals surface area (Å²) in [5, 5.41) is 2.92. The summed E-state index contributed by atoms with van der Waals surface area (Å²) in [6.07, 6.45) is 2.09. The maximum Gasteiger partial charge on any atom is 0.224 e. The number of likely N-dealkylation sites (tertiary alicyclic amines) is 1. The standard InChI is InChI=1S/C17H27N3O.ClH/c1-14(15-6-3-2-4-7-15)12-20-11-5-8-16(13-20)17(21)19-10-9-18;/h2-4,6-7,14,16H,5,8-13,18H2,1H3,(H,19,21);1H. The van der Waals surface area contributed by atoms with Crippen LogP contribution in [-0.2, 0) is 4.79 Å². The summed E-state index contributed by atoms with van der Waals surface area (Å²) >= 11 is 0. The molecule has 2 atom stereocenters. The smallest absolute Gasteiger partial charge is 0.224 e. The largest absolute Gasteiger partial charge is 0.355 e. The van der Waals surface area contributed by atoms with Gasteiger partial charge < -0.3 is 16.0 Å². The van der Waals surface area contributed by atoms with E-state index in [1.807, 2.05) is 0 Å². The second-order valence-electron chi connectivity index (χ2n) is 5.99. The van der Waals surface area contributed by atoms with Crippen molar-refractivity contribution in [1.82, 2.24) is 10.2 Å². The van der Waals surface area contributed by atoms with E-state index in [-0.39, 0.29) is 24.2 Å². The fourth-order valence-corrected chi connectivity index (χ4v) is 3.05. The molecule has 1 aliphatic rings. The fraction of sp³-hybridized carbons (Fsp3) is 0.588. The van der Waals surface area contributed by atoms with Gasteiger partial charge in [-0.15, -0.1) is 12.4 Å². The summed E-state index contributed by atoms with van der Waals surface area (Å²) in [5.41, 5.74) is 6.81. The molecule has 1 aromatic rings. The molecule has 4 nitrogen and oxygen atoms in total. The highest BCUT2D eigenvalue weighted by Gasteiger charge is 2.26. The van der Waals surface area contributed by atoms with Crippen LogP contribution in [0.2, 0.25) is 0 Å². The van der Waals surface area contributed by atoms with Crippen LogP contribution in [0.15, 0.2) is 30.3 Å². The Labute approximate surface area is 139 Å². The molecule has 22 heavy (non-hydrogen) atoms. The predicted octanol–water partition coefficient (Wildman–Crippen LogP) is 2.00. The summed E-state index contributed by atoms with van der Waals surface area (Å²) < 4.78 is 0. The third-order valence-electron chi connectivity index (χ3n) is 4.22. The van der Waals surface area contributed by atoms with Gasteiger partial charge in [-0.3, -0.25) is 4.79 Å². The molecule has 2 unspecified atom stereocenters. The number of benzene rings is 1. The average Bonchev–Trinajstić information content (AvgIpc) is 2.53. The number of hydrogen-bond acceptors (Lipinski definition) is 3. The predicted molar refractivity (Wildman–Crippen MR) is 93.3 cm³/mol. The minimum atomic E-state index is 0. The molecule has 0 radical (unpaired) electrons. The van der Waals surface area contributed by atoms with Crippen molar-refractivity contribution >= 4 is 18.3 Å². The quantitative estimate of drug-likeness (QED) is 0.841. The molecule has 0 saturated carbocycles. The van der Waals surface area contributed by atoms with Crippen LogP contribution in [0.1, 0.15) is 31.2 Å². The number of nitrogens with two attached hydrogens (primary N) is 1. The van der Waals surface area contributed by atoms with E-state index < -0.39 is 0 Å². The van der Waals surface area contributed by atoms with Crippen LogP contribution in [0.3, 0.4) is 0 Å². The van der Waals surface area contributed by atoms with E-state index in [1.54, 1.807) is 0 Å². The lowest BCUT2D eigenvalue weighted by molar-refractivity contribution is -0.126. The van der Waals surface area contributed by atoms with Gasteiger partial charge >= 0.3 is 0 Å². The minimum Gasteiger partial charge on any atom is -0.355 e. The van der Waals surface area contributed by atoms with Gasteiger partial charge in [0.25, 0.3) is 0 Å². The van der Waals surface area contributed by atoms with Gasteiger partial charge in [-0.25, -0.2) is 0 Å². The Morgan fingerprint density at radius 2 is 2.14 bits per heavy atom. The summed E-state index contributed by atoms with van der Waals surface area (Å²) in [6.45, 7) is 6.33. The minimum absolute atomic E-state index is 0. The highest BCUT2D eigenvalue weighted by atomic mass is 35.5. The lowest BCUT2D eigenvalue weighted by Crippen LogP contribution is -2.44. The van der Waals surface area contributed by atoms with Crippen molar-refractivity contribution in [2.75, 3.05) is 32.7 Å². The Kier molecular flexibility index (Phi) is 8.46. The molecule has 0 aromatic heterocycles. The van der Waals surface area contributed by atoms with Crippen molar-refractivity contribution in [2.45, 2.75) is 25.7 Å². The molecule has 1 heterocycles. The van der Waals surface area contributed by atoms with E-state index >= 15 is 0 Å². The van der Waals surface area contributed by atoms with E-state index in [1.165, 1.54) is 5.56 Å². The second kappa shape index (κ2) is 9.82. The number of hydrogen-bond donors (Lipinski definition) is 2. The van der Waals surface area contributed by atoms with Gasteiger partial charge in [0.15, 0.2) is 0 Å². The molecule has 1 fully saturated rings. The van der Waals surface area contributed by atoms with Crippen LogP contribution < -0.4 is 11.1 Å². The Morgan fingerprint density at radius 3 is 2.82 bits per heavy atom. The monoisotopic (exact) mass is 325 g/mol. The molecule has 2 rings (SSSR count). The average molecular weight is 326 g/mol. The van der Waals surface area contributed by atoms with Gasteiger partial charge in [-0.05, 0) is 30.9 Å². The summed E-state index contributed by atoms with van der Waals surface area (Å²) in [7, 11) is 0. The number of carbonyl (C=O) groups is 1. The van der Waals surface area contributed by atoms with E-state index in [9.17, 15) is 4.79 Å². The first kappa shape index (κ1) is 18.9. The van der Waals surface area contributed by atoms with Crippen molar-refractivity contribution in [3.05, 3.63) is 35.9 Å². The molecule has 124 valence electrons. The molecule has 1 saturated heterocycles. The number of rotatable bonds is 6. The number of amides is 1. The normalized spacial score (nSPS) is 20.0. The summed E-state index contributed by atoms with van der Waals surface area (Å²) in [6, 6.07) is 10.6. The second-order valence-corrected chi connectivity index (χ2v) is 5.99. The molecule has 0 bridgehead atoms. The van der Waals surface area contributed by atoms with Crippen molar-refractivity contribution < 1.29 is 4.79 Å². The van der Waals surface area contributed by atoms with Gasteiger partial charge in [0, 0.05) is 26.2 Å². The first-order valence-corrected chi connectivity index (χ1v) is 7.95. The summed E-state index contributed by atoms with van der Waals surface area (Å²) in [5.74, 6) is 0.780. The van der Waals surface area contributed by atoms with E-state index in [2.05, 4.69) is 47.5 Å². The fourth-order valence-electron chi connectivity index (χ4n) is 3.05. The lowest BCUT2D eigenvalue weighted by Gasteiger charge is -2.33. The third-order valence-corrected chi connectivity index (χ3v) is 4.22. The molecular formula is C17H28ClN3O. The van der Waals surface area contributed by atoms with Crippen LogP contribution in [0.25, 0.3) is 0 Å². The van der Waals surface area contributed by atoms with Crippen molar-refractivity contribution in [3.8, 4) is 0 Å². The van der Waals surface area contributed by atoms with Crippen molar-refractivity contribution in [1.29, 1.82) is 0 Å². The molecule has 0 aliphatic carbocycles. The van der Waals surface area contributed by atoms with Crippen LogP contribution in [0, 0.1) is 5.92 Å². The molecule has 0 spiro atoms. The first-order chi connectivity index (χ1) is 10.2. The molecule has 1 aliphatic heterocycles. The topological polar surface area (TPSA) is 58.4 Å². The Balaban J connectivity index is 0.00000242. The van der Waals surface area contributed by atoms with Crippen LogP contribution in [-0.4, -0.2) is 43.5 Å². The Hall–Kier alpha value is -1.10. The third kappa shape index (κ3) is 5.59. The molecular weight excluding hydrogens is 298 g/mol. The van der Waals surface area contributed by atoms with Gasteiger partial charge in [0.1, 0.15) is 0 Å². The highest BCUT2D eigenvalue weighted by molar-refractivity contribution is 5.85. The van der Waals surface area contributed by atoms with Gasteiger partial charge in [0.2, 0.25) is 5.91 Å². The van der Waals surface area contributed by atoms with Crippen molar-refractivity contribution in [3.63, 3.8) is 0 Å². The summed E-state index contributed by atoms with van der Waals surface area (Å²) in [4.78, 5) is 14.5. The number of piperidine rings is 1. The number of nitrogens with zero attached hydrogens (tertiary/aromatic N) is 1. The first-order valence-electron chi connectivity index (χ1n) is 7.95. The van der Waals surface area contributed by atoms with Crippen LogP contribution in [0.4, 0.5) is 0 Å². The molecule has 5 heteroatoms. The molecule has 1 amide bonds. The van der Waals surface area contributed by atoms with Crippen LogP contribution in [0.5, 0.6) is 0 Å². The molecule has 1 aromatic carbocycles. The Morgan fingerprint density at radius 1 is 1.41 bits per heavy atom. The zero-order chi connectivity index (χ0) is 15.1. The van der Waals surface area contributed by atoms with E-state index in [4.69, 9.17) is 5.73 Å². The van der Waals surface area contributed by atoms with E-state index in [0.29, 0.717) is 19.0 Å². The Bertz CT molecular complexity index is 441. The number of carbonyl (C=O) groups excluding carboxylic acids is 1. The maximum atomic E-state index is 12.1. The van der Waals surface area contributed by atoms with Crippen LogP contribution >= 0.6 is 12.4 Å². The van der Waals surface area contributed by atoms with Crippen molar-refractivity contribution in [2.24, 2.45) is 11.7 Å².